The van der Waals surface area contributed by atoms with Crippen LogP contribution in [0.4, 0.5) is 10.3 Å². The minimum atomic E-state index is -0.302. The molecule has 6 nitrogen and oxygen atoms in total. The maximum atomic E-state index is 14.1. The molecule has 0 saturated carbocycles. The van der Waals surface area contributed by atoms with Gasteiger partial charge in [-0.05, 0) is 17.5 Å². The molecule has 0 atom stereocenters. The third-order valence-corrected chi connectivity index (χ3v) is 4.60. The van der Waals surface area contributed by atoms with E-state index in [2.05, 4.69) is 4.98 Å². The van der Waals surface area contributed by atoms with Gasteiger partial charge in [-0.3, -0.25) is 14.5 Å². The first-order valence-corrected chi connectivity index (χ1v) is 8.31. The first kappa shape index (κ1) is 16.3. The highest BCUT2D eigenvalue weighted by Crippen LogP contribution is 2.32. The van der Waals surface area contributed by atoms with E-state index in [0.717, 1.165) is 10.9 Å². The van der Waals surface area contributed by atoms with Crippen LogP contribution in [0.1, 0.15) is 13.8 Å². The average Bonchev–Trinajstić information content (AvgIpc) is 3.05. The number of hydrogen-bond donors (Lipinski definition) is 0. The van der Waals surface area contributed by atoms with Crippen molar-refractivity contribution in [3.63, 3.8) is 0 Å². The van der Waals surface area contributed by atoms with Gasteiger partial charge in [-0.2, -0.15) is 0 Å². The van der Waals surface area contributed by atoms with Crippen molar-refractivity contribution in [1.29, 1.82) is 0 Å². The van der Waals surface area contributed by atoms with E-state index in [1.807, 2.05) is 12.1 Å². The SMILES string of the molecule is CC(=O)N1CCN(C(C)=O)n2cc(-c3ccc(F)c4ccccc34)nc21. The molecule has 2 heterocycles. The molecule has 7 heteroatoms. The molecule has 0 saturated heterocycles. The number of carbonyl (C=O) groups excluding carboxylic acids is 2. The molecule has 2 aromatic carbocycles. The van der Waals surface area contributed by atoms with Gasteiger partial charge in [0.15, 0.2) is 0 Å². The Bertz CT molecular complexity index is 1000. The lowest BCUT2D eigenvalue weighted by Gasteiger charge is -2.33. The minimum Gasteiger partial charge on any atom is -0.279 e. The molecule has 0 bridgehead atoms. The van der Waals surface area contributed by atoms with E-state index in [4.69, 9.17) is 0 Å². The predicted molar refractivity (Wildman–Crippen MR) is 96.9 cm³/mol. The summed E-state index contributed by atoms with van der Waals surface area (Å²) in [7, 11) is 0. The van der Waals surface area contributed by atoms with Gasteiger partial charge in [-0.15, -0.1) is 0 Å². The number of aromatic nitrogens is 2. The zero-order valence-corrected chi connectivity index (χ0v) is 14.4. The number of carbonyl (C=O) groups is 2. The van der Waals surface area contributed by atoms with Gasteiger partial charge < -0.3 is 0 Å². The summed E-state index contributed by atoms with van der Waals surface area (Å²) >= 11 is 0. The lowest BCUT2D eigenvalue weighted by atomic mass is 10.0. The monoisotopic (exact) mass is 352 g/mol. The van der Waals surface area contributed by atoms with Gasteiger partial charge >= 0.3 is 0 Å². The van der Waals surface area contributed by atoms with E-state index in [1.165, 1.54) is 29.8 Å². The maximum Gasteiger partial charge on any atom is 0.238 e. The topological polar surface area (TPSA) is 58.4 Å². The van der Waals surface area contributed by atoms with E-state index in [1.54, 1.807) is 29.1 Å². The van der Waals surface area contributed by atoms with Crippen LogP contribution in [-0.4, -0.2) is 34.6 Å². The van der Waals surface area contributed by atoms with Crippen molar-refractivity contribution in [2.45, 2.75) is 13.8 Å². The second-order valence-corrected chi connectivity index (χ2v) is 6.22. The zero-order valence-electron chi connectivity index (χ0n) is 14.4. The molecule has 0 spiro atoms. The Morgan fingerprint density at radius 2 is 1.73 bits per heavy atom. The maximum absolute atomic E-state index is 14.1. The van der Waals surface area contributed by atoms with Crippen molar-refractivity contribution in [2.24, 2.45) is 0 Å². The van der Waals surface area contributed by atoms with Crippen LogP contribution < -0.4 is 9.91 Å². The number of hydrogen-bond acceptors (Lipinski definition) is 3. The predicted octanol–water partition coefficient (Wildman–Crippen LogP) is 2.69. The standard InChI is InChI=1S/C19H17FN4O2/c1-12(25)22-9-10-23(13(2)26)24-11-18(21-19(22)24)16-7-8-17(20)15-6-4-3-5-14(15)16/h3-8,11H,9-10H2,1-2H3. The van der Waals surface area contributed by atoms with Crippen LogP contribution in [0.5, 0.6) is 0 Å². The summed E-state index contributed by atoms with van der Waals surface area (Å²) in [5, 5.41) is 2.77. The zero-order chi connectivity index (χ0) is 18.4. The lowest BCUT2D eigenvalue weighted by molar-refractivity contribution is -0.119. The molecule has 0 unspecified atom stereocenters. The van der Waals surface area contributed by atoms with Crippen LogP contribution in [0.2, 0.25) is 0 Å². The normalized spacial score (nSPS) is 13.8. The molecule has 0 aliphatic carbocycles. The number of anilines is 1. The Labute approximate surface area is 149 Å². The van der Waals surface area contributed by atoms with Crippen LogP contribution in [0, 0.1) is 5.82 Å². The van der Waals surface area contributed by atoms with Gasteiger partial charge in [-0.1, -0.05) is 24.3 Å². The van der Waals surface area contributed by atoms with Crippen LogP contribution in [-0.2, 0) is 9.59 Å². The molecule has 1 aromatic heterocycles. The number of fused-ring (bicyclic) bond motifs is 2. The van der Waals surface area contributed by atoms with Gasteiger partial charge in [0.25, 0.3) is 0 Å². The number of rotatable bonds is 1. The van der Waals surface area contributed by atoms with Crippen molar-refractivity contribution in [1.82, 2.24) is 9.66 Å². The Balaban J connectivity index is 1.93. The second-order valence-electron chi connectivity index (χ2n) is 6.22. The highest BCUT2D eigenvalue weighted by atomic mass is 19.1. The quantitative estimate of drug-likeness (QED) is 0.677. The van der Waals surface area contributed by atoms with Crippen LogP contribution in [0.25, 0.3) is 22.0 Å². The van der Waals surface area contributed by atoms with Crippen LogP contribution in [0.3, 0.4) is 0 Å². The van der Waals surface area contributed by atoms with E-state index >= 15 is 0 Å². The van der Waals surface area contributed by atoms with Crippen molar-refractivity contribution < 1.29 is 14.0 Å². The van der Waals surface area contributed by atoms with E-state index in [9.17, 15) is 14.0 Å². The third-order valence-electron chi connectivity index (χ3n) is 4.60. The highest BCUT2D eigenvalue weighted by molar-refractivity contribution is 5.97. The fraction of sp³-hybridized carbons (Fsp3) is 0.211. The van der Waals surface area contributed by atoms with Gasteiger partial charge in [0, 0.05) is 31.3 Å². The summed E-state index contributed by atoms with van der Waals surface area (Å²) in [6, 6.07) is 10.2. The molecular formula is C19H17FN4O2. The lowest BCUT2D eigenvalue weighted by Crippen LogP contribution is -2.51. The number of halogens is 1. The number of imidazole rings is 1. The fourth-order valence-corrected chi connectivity index (χ4v) is 3.35. The minimum absolute atomic E-state index is 0.137. The van der Waals surface area contributed by atoms with E-state index < -0.39 is 0 Å². The molecule has 0 fully saturated rings. The molecule has 4 rings (SSSR count). The second kappa shape index (κ2) is 5.94. The van der Waals surface area contributed by atoms with Crippen LogP contribution >= 0.6 is 0 Å². The highest BCUT2D eigenvalue weighted by Gasteiger charge is 2.29. The Morgan fingerprint density at radius 3 is 2.42 bits per heavy atom. The van der Waals surface area contributed by atoms with Crippen molar-refractivity contribution in [3.8, 4) is 11.3 Å². The fourth-order valence-electron chi connectivity index (χ4n) is 3.35. The largest absolute Gasteiger partial charge is 0.279 e. The van der Waals surface area contributed by atoms with Gasteiger partial charge in [0.1, 0.15) is 5.82 Å². The molecule has 0 N–H and O–H groups in total. The van der Waals surface area contributed by atoms with Gasteiger partial charge in [0.05, 0.1) is 18.4 Å². The van der Waals surface area contributed by atoms with Crippen molar-refractivity contribution in [2.75, 3.05) is 23.0 Å². The summed E-state index contributed by atoms with van der Waals surface area (Å²) in [6.45, 7) is 3.72. The summed E-state index contributed by atoms with van der Waals surface area (Å²) in [6.07, 6.45) is 1.71. The third kappa shape index (κ3) is 2.44. The smallest absolute Gasteiger partial charge is 0.238 e. The van der Waals surface area contributed by atoms with E-state index in [-0.39, 0.29) is 17.6 Å². The molecule has 1 aliphatic heterocycles. The number of benzene rings is 2. The first-order valence-electron chi connectivity index (χ1n) is 8.31. The molecular weight excluding hydrogens is 335 g/mol. The Kier molecular flexibility index (Phi) is 3.72. The molecule has 3 aromatic rings. The molecule has 1 aliphatic rings. The Morgan fingerprint density at radius 1 is 1.00 bits per heavy atom. The van der Waals surface area contributed by atoms with Crippen molar-refractivity contribution >= 4 is 28.5 Å². The molecule has 132 valence electrons. The molecule has 2 amide bonds. The molecule has 26 heavy (non-hydrogen) atoms. The van der Waals surface area contributed by atoms with Crippen LogP contribution in [0.15, 0.2) is 42.6 Å². The molecule has 0 radical (unpaired) electrons. The summed E-state index contributed by atoms with van der Waals surface area (Å²) in [5.74, 6) is -0.190. The Hall–Kier alpha value is -3.22. The number of amides is 2. The van der Waals surface area contributed by atoms with E-state index in [0.29, 0.717) is 30.1 Å². The van der Waals surface area contributed by atoms with Crippen molar-refractivity contribution in [3.05, 3.63) is 48.4 Å². The van der Waals surface area contributed by atoms with Gasteiger partial charge in [-0.25, -0.2) is 19.1 Å². The number of nitrogens with zero attached hydrogens (tertiary/aromatic N) is 4. The summed E-state index contributed by atoms with van der Waals surface area (Å²) < 4.78 is 15.7. The van der Waals surface area contributed by atoms with Gasteiger partial charge in [0.2, 0.25) is 17.8 Å². The summed E-state index contributed by atoms with van der Waals surface area (Å²) in [4.78, 5) is 30.0. The first-order chi connectivity index (χ1) is 12.5. The summed E-state index contributed by atoms with van der Waals surface area (Å²) in [5.41, 5.74) is 1.33. The average molecular weight is 352 g/mol.